The van der Waals surface area contributed by atoms with E-state index in [9.17, 15) is 9.59 Å². The fourth-order valence-corrected chi connectivity index (χ4v) is 5.49. The number of nitrogen functional groups attached to an aromatic ring is 1. The number of Topliss-reactive ketones (excluding diaryl/α,β-unsaturated/α-hetero) is 1. The van der Waals surface area contributed by atoms with Gasteiger partial charge in [0.2, 0.25) is 5.91 Å². The molecule has 2 fully saturated rings. The van der Waals surface area contributed by atoms with Crippen molar-refractivity contribution in [1.82, 2.24) is 24.3 Å². The van der Waals surface area contributed by atoms with Gasteiger partial charge in [0, 0.05) is 59.8 Å². The number of nitrogens with zero attached hydrogens (tertiary/aromatic N) is 5. The minimum atomic E-state index is -0.0164. The molecule has 6 rings (SSSR count). The minimum absolute atomic E-state index is 0.0107. The largest absolute Gasteiger partial charge is 0.382 e. The van der Waals surface area contributed by atoms with E-state index in [-0.39, 0.29) is 29.4 Å². The molecule has 180 valence electrons. The molecule has 2 atom stereocenters. The van der Waals surface area contributed by atoms with E-state index in [1.54, 1.807) is 12.4 Å². The molecule has 1 aromatic carbocycles. The Morgan fingerprint density at radius 3 is 2.72 bits per heavy atom. The van der Waals surface area contributed by atoms with Crippen LogP contribution in [0.25, 0.3) is 16.8 Å². The van der Waals surface area contributed by atoms with Gasteiger partial charge in [0.25, 0.3) is 0 Å². The Balaban J connectivity index is 1.30. The van der Waals surface area contributed by atoms with Crippen LogP contribution in [-0.4, -0.2) is 49.0 Å². The third-order valence-electron chi connectivity index (χ3n) is 7.53. The first-order valence-electron chi connectivity index (χ1n) is 12.1. The van der Waals surface area contributed by atoms with Gasteiger partial charge in [-0.3, -0.25) is 19.0 Å². The van der Waals surface area contributed by atoms with Crippen LogP contribution in [0.3, 0.4) is 0 Å². The predicted molar refractivity (Wildman–Crippen MR) is 136 cm³/mol. The van der Waals surface area contributed by atoms with E-state index in [0.717, 1.165) is 54.2 Å². The van der Waals surface area contributed by atoms with Crippen LogP contribution in [-0.2, 0) is 11.2 Å². The normalized spacial score (nSPS) is 20.7. The Bertz CT molecular complexity index is 1490. The van der Waals surface area contributed by atoms with E-state index in [4.69, 9.17) is 10.7 Å². The number of pyridine rings is 1. The highest BCUT2D eigenvalue weighted by atomic mass is 16.2. The summed E-state index contributed by atoms with van der Waals surface area (Å²) in [6.45, 7) is 5.09. The number of imidazole rings is 1. The van der Waals surface area contributed by atoms with Gasteiger partial charge in [-0.05, 0) is 31.1 Å². The summed E-state index contributed by atoms with van der Waals surface area (Å²) in [5.41, 5.74) is 10.1. The first kappa shape index (κ1) is 22.2. The molecule has 1 amide bonds. The second-order valence-electron chi connectivity index (χ2n) is 9.68. The van der Waals surface area contributed by atoms with Gasteiger partial charge in [0.05, 0.1) is 6.42 Å². The van der Waals surface area contributed by atoms with Crippen molar-refractivity contribution in [3.05, 3.63) is 90.8 Å². The van der Waals surface area contributed by atoms with Gasteiger partial charge in [-0.2, -0.15) is 0 Å². The third kappa shape index (κ3) is 3.66. The summed E-state index contributed by atoms with van der Waals surface area (Å²) >= 11 is 0. The predicted octanol–water partition coefficient (Wildman–Crippen LogP) is 3.69. The van der Waals surface area contributed by atoms with Gasteiger partial charge in [-0.15, -0.1) is 0 Å². The molecule has 2 aliphatic rings. The molecule has 8 heteroatoms. The van der Waals surface area contributed by atoms with E-state index >= 15 is 0 Å². The van der Waals surface area contributed by atoms with E-state index in [0.29, 0.717) is 11.4 Å². The van der Waals surface area contributed by atoms with E-state index in [2.05, 4.69) is 16.5 Å². The average molecular weight is 479 g/mol. The molecule has 4 heterocycles. The van der Waals surface area contributed by atoms with Crippen LogP contribution in [0.5, 0.6) is 0 Å². The van der Waals surface area contributed by atoms with Gasteiger partial charge < -0.3 is 10.6 Å². The number of amides is 1. The number of fused-ring (bicyclic) bond motifs is 1. The lowest BCUT2D eigenvalue weighted by atomic mass is 10.0. The molecular formula is C28H26N6O2. The van der Waals surface area contributed by atoms with Crippen molar-refractivity contribution in [3.63, 3.8) is 0 Å². The minimum Gasteiger partial charge on any atom is -0.382 e. The Hall–Kier alpha value is -4.33. The lowest BCUT2D eigenvalue weighted by molar-refractivity contribution is -0.125. The third-order valence-corrected chi connectivity index (χ3v) is 7.53. The quantitative estimate of drug-likeness (QED) is 0.335. The Morgan fingerprint density at radius 2 is 1.97 bits per heavy atom. The van der Waals surface area contributed by atoms with Crippen LogP contribution in [0.4, 0.5) is 5.82 Å². The Morgan fingerprint density at radius 1 is 1.14 bits per heavy atom. The number of hydrogen-bond donors (Lipinski definition) is 1. The summed E-state index contributed by atoms with van der Waals surface area (Å²) in [5, 5.41) is 0. The molecule has 1 aliphatic heterocycles. The van der Waals surface area contributed by atoms with Crippen molar-refractivity contribution in [1.29, 1.82) is 0 Å². The molecule has 36 heavy (non-hydrogen) atoms. The van der Waals surface area contributed by atoms with Crippen LogP contribution in [0.1, 0.15) is 40.6 Å². The topological polar surface area (TPSA) is 106 Å². The van der Waals surface area contributed by atoms with Crippen molar-refractivity contribution in [2.45, 2.75) is 25.2 Å². The Kier molecular flexibility index (Phi) is 5.17. The Labute approximate surface area is 208 Å². The highest BCUT2D eigenvalue weighted by Gasteiger charge is 2.60. The van der Waals surface area contributed by atoms with Crippen LogP contribution >= 0.6 is 0 Å². The summed E-state index contributed by atoms with van der Waals surface area (Å²) in [7, 11) is 0. The first-order chi connectivity index (χ1) is 17.5. The SMILES string of the molecule is C=CC(=O)N1CCC2(CC2c2nc(-c3ccc(C(=O)Cc4ccccn4)cc3)c3c(N)nccn23)C1. The second kappa shape index (κ2) is 8.41. The number of likely N-dealkylation sites (tertiary alicyclic amines) is 1. The molecule has 1 saturated heterocycles. The maximum absolute atomic E-state index is 12.7. The summed E-state index contributed by atoms with van der Waals surface area (Å²) < 4.78 is 2.04. The van der Waals surface area contributed by atoms with Crippen LogP contribution < -0.4 is 5.73 Å². The van der Waals surface area contributed by atoms with Crippen molar-refractivity contribution in [2.75, 3.05) is 18.8 Å². The van der Waals surface area contributed by atoms with Gasteiger partial charge >= 0.3 is 0 Å². The smallest absolute Gasteiger partial charge is 0.245 e. The van der Waals surface area contributed by atoms with Crippen molar-refractivity contribution >= 4 is 23.0 Å². The van der Waals surface area contributed by atoms with Gasteiger partial charge in [-0.1, -0.05) is 36.9 Å². The van der Waals surface area contributed by atoms with Crippen LogP contribution in [0.15, 0.2) is 73.7 Å². The fraction of sp³-hybridized carbons (Fsp3) is 0.250. The number of rotatable bonds is 6. The van der Waals surface area contributed by atoms with Crippen LogP contribution in [0, 0.1) is 5.41 Å². The molecule has 0 bridgehead atoms. The maximum Gasteiger partial charge on any atom is 0.245 e. The van der Waals surface area contributed by atoms with Gasteiger partial charge in [-0.25, -0.2) is 9.97 Å². The summed E-state index contributed by atoms with van der Waals surface area (Å²) in [6.07, 6.45) is 8.85. The molecule has 2 N–H and O–H groups in total. The van der Waals surface area contributed by atoms with E-state index in [1.165, 1.54) is 6.08 Å². The number of ketones is 1. The molecular weight excluding hydrogens is 452 g/mol. The molecule has 8 nitrogen and oxygen atoms in total. The lowest BCUT2D eigenvalue weighted by Gasteiger charge is -2.14. The highest BCUT2D eigenvalue weighted by molar-refractivity contribution is 5.98. The molecule has 1 aliphatic carbocycles. The van der Waals surface area contributed by atoms with E-state index < -0.39 is 0 Å². The molecule has 1 saturated carbocycles. The molecule has 0 radical (unpaired) electrons. The number of anilines is 1. The van der Waals surface area contributed by atoms with Gasteiger partial charge in [0.1, 0.15) is 22.9 Å². The number of aromatic nitrogens is 4. The number of carbonyl (C=O) groups excluding carboxylic acids is 2. The monoisotopic (exact) mass is 478 g/mol. The molecule has 2 unspecified atom stereocenters. The molecule has 4 aromatic rings. The number of carbonyl (C=O) groups is 2. The zero-order valence-electron chi connectivity index (χ0n) is 19.8. The molecule has 1 spiro atoms. The summed E-state index contributed by atoms with van der Waals surface area (Å²) in [5.74, 6) is 1.58. The van der Waals surface area contributed by atoms with Crippen LogP contribution in [0.2, 0.25) is 0 Å². The number of benzene rings is 1. The van der Waals surface area contributed by atoms with Gasteiger partial charge in [0.15, 0.2) is 5.78 Å². The van der Waals surface area contributed by atoms with E-state index in [1.807, 2.05) is 58.0 Å². The average Bonchev–Trinajstić information content (AvgIpc) is 3.22. The highest BCUT2D eigenvalue weighted by Crippen LogP contribution is 2.64. The van der Waals surface area contributed by atoms with Crippen molar-refractivity contribution in [2.24, 2.45) is 5.41 Å². The first-order valence-corrected chi connectivity index (χ1v) is 12.1. The maximum atomic E-state index is 12.7. The molecule has 3 aromatic heterocycles. The number of hydrogen-bond acceptors (Lipinski definition) is 6. The second-order valence-corrected chi connectivity index (χ2v) is 9.68. The summed E-state index contributed by atoms with van der Waals surface area (Å²) in [6, 6.07) is 13.0. The fourth-order valence-electron chi connectivity index (χ4n) is 5.49. The standard InChI is InChI=1S/C28H26N6O2/c1-2-23(36)33-13-10-28(17-33)16-21(28)27-32-24(25-26(29)31-12-14-34(25)27)19-8-6-18(7-9-19)22(35)15-20-5-3-4-11-30-20/h2-9,11-12,14,21H,1,10,13,15-17H2,(H2,29,31). The number of nitrogens with two attached hydrogens (primary N) is 1. The lowest BCUT2D eigenvalue weighted by Crippen LogP contribution is -2.27. The van der Waals surface area contributed by atoms with Crippen molar-refractivity contribution in [3.8, 4) is 11.3 Å². The van der Waals surface area contributed by atoms with Crippen molar-refractivity contribution < 1.29 is 9.59 Å². The zero-order valence-corrected chi connectivity index (χ0v) is 19.8. The zero-order chi connectivity index (χ0) is 24.9. The summed E-state index contributed by atoms with van der Waals surface area (Å²) in [4.78, 5) is 40.4.